The summed E-state index contributed by atoms with van der Waals surface area (Å²) in [6, 6.07) is 26.3. The van der Waals surface area contributed by atoms with Crippen molar-refractivity contribution in [3.63, 3.8) is 0 Å². The fraction of sp³-hybridized carbons (Fsp3) is 0.488. The molecule has 0 saturated heterocycles. The number of benzene rings is 4. The van der Waals surface area contributed by atoms with E-state index in [4.69, 9.17) is 9.73 Å². The standard InChI is InChI=1S/C41H52N2O/c1-4-5-6-7-8-9-10-11-12-13-14-15-16-21-28-43-37-25-20-19-24-36(37)40(2,3)41(43)31-42-39-35-30-33-23-18-17-22-32(33)29-34(35)26-27-38(39)44-41/h17-20,22-27,29-31H,4-16,21,28H2,1-3H3. The molecule has 3 heteroatoms. The third-order valence-corrected chi connectivity index (χ3v) is 10.4. The third-order valence-electron chi connectivity index (χ3n) is 10.4. The molecule has 1 unspecified atom stereocenters. The Labute approximate surface area is 265 Å². The van der Waals surface area contributed by atoms with E-state index in [1.54, 1.807) is 0 Å². The van der Waals surface area contributed by atoms with Crippen LogP contribution < -0.4 is 9.64 Å². The van der Waals surface area contributed by atoms with Crippen molar-refractivity contribution in [2.75, 3.05) is 11.4 Å². The molecular weight excluding hydrogens is 536 g/mol. The van der Waals surface area contributed by atoms with Gasteiger partial charge in [-0.3, -0.25) is 4.99 Å². The number of para-hydroxylation sites is 1. The second kappa shape index (κ2) is 13.8. The molecule has 2 heterocycles. The van der Waals surface area contributed by atoms with Gasteiger partial charge in [-0.25, -0.2) is 0 Å². The van der Waals surface area contributed by atoms with Gasteiger partial charge in [-0.15, -0.1) is 0 Å². The van der Waals surface area contributed by atoms with Gasteiger partial charge in [-0.1, -0.05) is 139 Å². The molecule has 0 radical (unpaired) electrons. The summed E-state index contributed by atoms with van der Waals surface area (Å²) < 4.78 is 7.16. The van der Waals surface area contributed by atoms with Crippen molar-refractivity contribution in [1.82, 2.24) is 0 Å². The van der Waals surface area contributed by atoms with Crippen LogP contribution in [-0.4, -0.2) is 18.5 Å². The maximum absolute atomic E-state index is 7.16. The zero-order chi connectivity index (χ0) is 30.4. The second-order valence-electron chi connectivity index (χ2n) is 13.8. The molecular formula is C41H52N2O. The summed E-state index contributed by atoms with van der Waals surface area (Å²) >= 11 is 0. The maximum Gasteiger partial charge on any atom is 0.228 e. The van der Waals surface area contributed by atoms with Crippen LogP contribution in [0.4, 0.5) is 11.4 Å². The zero-order valence-corrected chi connectivity index (χ0v) is 27.4. The van der Waals surface area contributed by atoms with Crippen LogP contribution in [0.25, 0.3) is 21.5 Å². The zero-order valence-electron chi connectivity index (χ0n) is 27.4. The van der Waals surface area contributed by atoms with Crippen molar-refractivity contribution in [3.05, 3.63) is 78.4 Å². The predicted octanol–water partition coefficient (Wildman–Crippen LogP) is 12.1. The molecule has 0 saturated carbocycles. The lowest BCUT2D eigenvalue weighted by Gasteiger charge is -2.46. The highest BCUT2D eigenvalue weighted by atomic mass is 16.5. The molecule has 232 valence electrons. The molecule has 3 nitrogen and oxygen atoms in total. The maximum atomic E-state index is 7.16. The minimum absolute atomic E-state index is 0.251. The van der Waals surface area contributed by atoms with Gasteiger partial charge in [0.15, 0.2) is 0 Å². The average Bonchev–Trinajstić information content (AvgIpc) is 3.22. The summed E-state index contributed by atoms with van der Waals surface area (Å²) in [6.07, 6.45) is 21.3. The summed E-state index contributed by atoms with van der Waals surface area (Å²) in [7, 11) is 0. The monoisotopic (exact) mass is 588 g/mol. The number of anilines is 1. The molecule has 2 aliphatic heterocycles. The Morgan fingerprint density at radius 1 is 0.636 bits per heavy atom. The molecule has 0 aliphatic carbocycles. The lowest BCUT2D eigenvalue weighted by Crippen LogP contribution is -2.62. The number of hydrogen-bond donors (Lipinski definition) is 0. The van der Waals surface area contributed by atoms with E-state index in [2.05, 4.69) is 105 Å². The quantitative estimate of drug-likeness (QED) is 0.102. The molecule has 4 aromatic carbocycles. The lowest BCUT2D eigenvalue weighted by molar-refractivity contribution is 0.0774. The van der Waals surface area contributed by atoms with E-state index in [0.29, 0.717) is 0 Å². The van der Waals surface area contributed by atoms with Crippen molar-refractivity contribution in [2.24, 2.45) is 4.99 Å². The molecule has 0 aromatic heterocycles. The molecule has 0 N–H and O–H groups in total. The number of rotatable bonds is 15. The van der Waals surface area contributed by atoms with Gasteiger partial charge >= 0.3 is 0 Å². The first-order chi connectivity index (χ1) is 21.5. The molecule has 0 amide bonds. The van der Waals surface area contributed by atoms with Crippen LogP contribution in [0.2, 0.25) is 0 Å². The van der Waals surface area contributed by atoms with Crippen LogP contribution in [0.1, 0.15) is 116 Å². The summed E-state index contributed by atoms with van der Waals surface area (Å²) in [4.78, 5) is 7.73. The number of ether oxygens (including phenoxy) is 1. The smallest absolute Gasteiger partial charge is 0.228 e. The predicted molar refractivity (Wildman–Crippen MR) is 190 cm³/mol. The topological polar surface area (TPSA) is 24.8 Å². The second-order valence-corrected chi connectivity index (χ2v) is 13.8. The highest BCUT2D eigenvalue weighted by Gasteiger charge is 2.59. The van der Waals surface area contributed by atoms with Gasteiger partial charge in [0.2, 0.25) is 5.72 Å². The van der Waals surface area contributed by atoms with Crippen molar-refractivity contribution in [2.45, 2.75) is 122 Å². The Morgan fingerprint density at radius 2 is 1.23 bits per heavy atom. The van der Waals surface area contributed by atoms with E-state index in [0.717, 1.165) is 29.8 Å². The average molecular weight is 589 g/mol. The molecule has 0 fully saturated rings. The van der Waals surface area contributed by atoms with Gasteiger partial charge in [-0.2, -0.15) is 0 Å². The van der Waals surface area contributed by atoms with Gasteiger partial charge in [0.25, 0.3) is 0 Å². The van der Waals surface area contributed by atoms with Gasteiger partial charge in [0, 0.05) is 17.6 Å². The molecule has 2 aliphatic rings. The molecule has 0 bridgehead atoms. The normalized spacial score (nSPS) is 18.2. The van der Waals surface area contributed by atoms with Crippen molar-refractivity contribution >= 4 is 39.1 Å². The lowest BCUT2D eigenvalue weighted by atomic mass is 9.77. The minimum Gasteiger partial charge on any atom is -0.459 e. The highest BCUT2D eigenvalue weighted by molar-refractivity contribution is 6.06. The Bertz CT molecular complexity index is 1590. The van der Waals surface area contributed by atoms with Crippen LogP contribution in [0.5, 0.6) is 5.75 Å². The molecule has 1 spiro atoms. The Hall–Kier alpha value is -3.33. The first-order valence-electron chi connectivity index (χ1n) is 17.6. The third kappa shape index (κ3) is 6.00. The minimum atomic E-state index is -0.648. The fourth-order valence-electron chi connectivity index (χ4n) is 7.65. The van der Waals surface area contributed by atoms with E-state index >= 15 is 0 Å². The fourth-order valence-corrected chi connectivity index (χ4v) is 7.65. The molecule has 4 aromatic rings. The first-order valence-corrected chi connectivity index (χ1v) is 17.6. The largest absolute Gasteiger partial charge is 0.459 e. The van der Waals surface area contributed by atoms with E-state index < -0.39 is 5.72 Å². The van der Waals surface area contributed by atoms with Crippen molar-refractivity contribution < 1.29 is 4.74 Å². The number of aliphatic imine (C=N–C) groups is 1. The van der Waals surface area contributed by atoms with E-state index in [-0.39, 0.29) is 5.41 Å². The van der Waals surface area contributed by atoms with Crippen LogP contribution in [0.3, 0.4) is 0 Å². The Kier molecular flexibility index (Phi) is 9.59. The van der Waals surface area contributed by atoms with Gasteiger partial charge < -0.3 is 9.64 Å². The highest BCUT2D eigenvalue weighted by Crippen LogP contribution is 2.55. The number of unbranched alkanes of at least 4 members (excludes halogenated alkanes) is 13. The van der Waals surface area contributed by atoms with E-state index in [1.165, 1.54) is 111 Å². The summed E-state index contributed by atoms with van der Waals surface area (Å²) in [5, 5.41) is 4.84. The first kappa shape index (κ1) is 30.7. The Morgan fingerprint density at radius 3 is 1.91 bits per heavy atom. The summed E-state index contributed by atoms with van der Waals surface area (Å²) in [5.41, 5.74) is 2.67. The summed E-state index contributed by atoms with van der Waals surface area (Å²) in [6.45, 7) is 7.91. The van der Waals surface area contributed by atoms with Crippen LogP contribution in [0, 0.1) is 0 Å². The van der Waals surface area contributed by atoms with Crippen LogP contribution >= 0.6 is 0 Å². The molecule has 44 heavy (non-hydrogen) atoms. The van der Waals surface area contributed by atoms with Gasteiger partial charge in [0.05, 0.1) is 11.6 Å². The van der Waals surface area contributed by atoms with E-state index in [1.807, 2.05) is 0 Å². The number of hydrogen-bond acceptors (Lipinski definition) is 3. The van der Waals surface area contributed by atoms with Crippen molar-refractivity contribution in [1.29, 1.82) is 0 Å². The number of nitrogens with zero attached hydrogens (tertiary/aromatic N) is 2. The number of fused-ring (bicyclic) bond motifs is 5. The molecule has 6 rings (SSSR count). The van der Waals surface area contributed by atoms with Crippen LogP contribution in [-0.2, 0) is 5.41 Å². The van der Waals surface area contributed by atoms with Crippen LogP contribution in [0.15, 0.2) is 77.8 Å². The van der Waals surface area contributed by atoms with Crippen molar-refractivity contribution in [3.8, 4) is 5.75 Å². The van der Waals surface area contributed by atoms with Gasteiger partial charge in [0.1, 0.15) is 11.4 Å². The molecule has 1 atom stereocenters. The van der Waals surface area contributed by atoms with E-state index in [9.17, 15) is 0 Å². The SMILES string of the molecule is CCCCCCCCCCCCCCCCN1c2ccccc2C(C)(C)C12C=Nc1c(ccc3cc4ccccc4cc13)O2. The summed E-state index contributed by atoms with van der Waals surface area (Å²) in [5.74, 6) is 0.877. The van der Waals surface area contributed by atoms with Gasteiger partial charge in [-0.05, 0) is 66.3 Å². The Balaban J connectivity index is 1.09.